The van der Waals surface area contributed by atoms with Crippen LogP contribution in [-0.2, 0) is 14.3 Å². The Bertz CT molecular complexity index is 705. The third kappa shape index (κ3) is 2.48. The van der Waals surface area contributed by atoms with Crippen molar-refractivity contribution in [2.45, 2.75) is 71.8 Å². The van der Waals surface area contributed by atoms with Gasteiger partial charge in [-0.05, 0) is 61.7 Å². The highest BCUT2D eigenvalue weighted by atomic mass is 16.5. The van der Waals surface area contributed by atoms with Crippen LogP contribution in [0.3, 0.4) is 0 Å². The SMILES string of the molecule is CC(=O)O[C@H]1CC[C@@]2(C)C(=CC[C@@H]3[C@@H]2CC[C@]2(C)C(C(=O)O)=CC[C@@H]32)C1. The highest BCUT2D eigenvalue weighted by Gasteiger charge is 2.57. The van der Waals surface area contributed by atoms with Gasteiger partial charge in [0.25, 0.3) is 0 Å². The van der Waals surface area contributed by atoms with Gasteiger partial charge in [-0.2, -0.15) is 0 Å². The zero-order valence-electron chi connectivity index (χ0n) is 16.1. The van der Waals surface area contributed by atoms with Gasteiger partial charge in [0.05, 0.1) is 0 Å². The number of carboxylic acid groups (broad SMARTS) is 1. The molecule has 0 aromatic heterocycles. The van der Waals surface area contributed by atoms with Crippen LogP contribution in [0.25, 0.3) is 0 Å². The average Bonchev–Trinajstić information content (AvgIpc) is 2.92. The van der Waals surface area contributed by atoms with Crippen LogP contribution in [0, 0.1) is 28.6 Å². The molecule has 0 aliphatic heterocycles. The van der Waals surface area contributed by atoms with E-state index in [4.69, 9.17) is 4.74 Å². The van der Waals surface area contributed by atoms with E-state index in [1.54, 1.807) is 0 Å². The zero-order valence-corrected chi connectivity index (χ0v) is 16.1. The second kappa shape index (κ2) is 5.97. The van der Waals surface area contributed by atoms with Gasteiger partial charge in [-0.3, -0.25) is 4.79 Å². The molecule has 4 aliphatic rings. The minimum atomic E-state index is -0.728. The zero-order chi connectivity index (χ0) is 18.7. The molecule has 0 radical (unpaired) electrons. The number of carbonyl (C=O) groups is 2. The van der Waals surface area contributed by atoms with E-state index >= 15 is 0 Å². The fourth-order valence-electron chi connectivity index (χ4n) is 6.86. The standard InChI is InChI=1S/C22H30O4/c1-13(23)26-15-8-10-21(2)14(12-15)4-5-16-17-6-7-19(20(24)25)22(17,3)11-9-18(16)21/h4,7,15-18H,5-6,8-12H2,1-3H3,(H,24,25)/t15-,16-,17-,18-,21-,22-/m0/s1. The number of esters is 1. The second-order valence-corrected chi connectivity index (χ2v) is 9.35. The molecule has 0 unspecified atom stereocenters. The topological polar surface area (TPSA) is 63.6 Å². The quantitative estimate of drug-likeness (QED) is 0.583. The van der Waals surface area contributed by atoms with Crippen LogP contribution in [0.15, 0.2) is 23.3 Å². The highest BCUT2D eigenvalue weighted by molar-refractivity contribution is 5.89. The molecule has 0 spiro atoms. The smallest absolute Gasteiger partial charge is 0.331 e. The number of hydrogen-bond donors (Lipinski definition) is 1. The Kier molecular flexibility index (Phi) is 4.09. The molecule has 2 fully saturated rings. The van der Waals surface area contributed by atoms with Gasteiger partial charge in [-0.25, -0.2) is 4.79 Å². The van der Waals surface area contributed by atoms with E-state index in [1.807, 2.05) is 6.08 Å². The molecule has 1 N–H and O–H groups in total. The van der Waals surface area contributed by atoms with Gasteiger partial charge in [-0.1, -0.05) is 31.6 Å². The molecule has 4 nitrogen and oxygen atoms in total. The first-order valence-electron chi connectivity index (χ1n) is 10.1. The molecule has 0 saturated heterocycles. The number of allylic oxidation sites excluding steroid dienone is 2. The highest BCUT2D eigenvalue weighted by Crippen LogP contribution is 2.65. The summed E-state index contributed by atoms with van der Waals surface area (Å²) >= 11 is 0. The van der Waals surface area contributed by atoms with Crippen molar-refractivity contribution < 1.29 is 19.4 Å². The summed E-state index contributed by atoms with van der Waals surface area (Å²) in [5.74, 6) is 0.739. The fraction of sp³-hybridized carbons (Fsp3) is 0.727. The number of carboxylic acids is 1. The van der Waals surface area contributed by atoms with E-state index < -0.39 is 5.97 Å². The van der Waals surface area contributed by atoms with Crippen molar-refractivity contribution in [1.82, 2.24) is 0 Å². The monoisotopic (exact) mass is 358 g/mol. The summed E-state index contributed by atoms with van der Waals surface area (Å²) in [6, 6.07) is 0. The number of carbonyl (C=O) groups excluding carboxylic acids is 1. The van der Waals surface area contributed by atoms with E-state index in [2.05, 4.69) is 19.9 Å². The molecular formula is C22H30O4. The Hall–Kier alpha value is -1.58. The molecule has 6 atom stereocenters. The molecule has 26 heavy (non-hydrogen) atoms. The molecule has 0 aromatic carbocycles. The third-order valence-corrected chi connectivity index (χ3v) is 8.20. The number of ether oxygens (including phenoxy) is 1. The van der Waals surface area contributed by atoms with Gasteiger partial charge in [0.15, 0.2) is 0 Å². The van der Waals surface area contributed by atoms with Crippen molar-refractivity contribution in [3.8, 4) is 0 Å². The summed E-state index contributed by atoms with van der Waals surface area (Å²) in [6.07, 6.45) is 11.4. The van der Waals surface area contributed by atoms with Crippen LogP contribution >= 0.6 is 0 Å². The van der Waals surface area contributed by atoms with Crippen LogP contribution in [0.5, 0.6) is 0 Å². The maximum Gasteiger partial charge on any atom is 0.331 e. The first kappa shape index (κ1) is 17.8. The summed E-state index contributed by atoms with van der Waals surface area (Å²) in [7, 11) is 0. The average molecular weight is 358 g/mol. The van der Waals surface area contributed by atoms with Crippen molar-refractivity contribution >= 4 is 11.9 Å². The summed E-state index contributed by atoms with van der Waals surface area (Å²) in [6.45, 7) is 6.08. The van der Waals surface area contributed by atoms with Gasteiger partial charge in [0.1, 0.15) is 6.10 Å². The van der Waals surface area contributed by atoms with E-state index in [0.717, 1.165) is 44.9 Å². The lowest BCUT2D eigenvalue weighted by Gasteiger charge is -2.57. The number of rotatable bonds is 2. The minimum Gasteiger partial charge on any atom is -0.478 e. The van der Waals surface area contributed by atoms with E-state index in [-0.39, 0.29) is 22.9 Å². The Balaban J connectivity index is 1.59. The Morgan fingerprint density at radius 3 is 2.50 bits per heavy atom. The summed E-state index contributed by atoms with van der Waals surface area (Å²) in [4.78, 5) is 23.0. The maximum atomic E-state index is 11.7. The van der Waals surface area contributed by atoms with Gasteiger partial charge in [0.2, 0.25) is 0 Å². The van der Waals surface area contributed by atoms with E-state index in [0.29, 0.717) is 23.3 Å². The van der Waals surface area contributed by atoms with E-state index in [1.165, 1.54) is 12.5 Å². The summed E-state index contributed by atoms with van der Waals surface area (Å²) < 4.78 is 5.49. The van der Waals surface area contributed by atoms with Gasteiger partial charge in [0, 0.05) is 24.3 Å². The van der Waals surface area contributed by atoms with Crippen LogP contribution in [0.4, 0.5) is 0 Å². The molecule has 0 aromatic rings. The van der Waals surface area contributed by atoms with E-state index in [9.17, 15) is 14.7 Å². The molecule has 142 valence electrons. The first-order valence-corrected chi connectivity index (χ1v) is 10.1. The minimum absolute atomic E-state index is 0.0315. The third-order valence-electron chi connectivity index (χ3n) is 8.20. The molecule has 0 heterocycles. The summed E-state index contributed by atoms with van der Waals surface area (Å²) in [5, 5.41) is 9.63. The molecule has 4 rings (SSSR count). The van der Waals surface area contributed by atoms with Gasteiger partial charge >= 0.3 is 11.9 Å². The summed E-state index contributed by atoms with van der Waals surface area (Å²) in [5.41, 5.74) is 2.15. The molecule has 4 heteroatoms. The maximum absolute atomic E-state index is 11.7. The number of fused-ring (bicyclic) bond motifs is 5. The normalized spacial score (nSPS) is 44.1. The fourth-order valence-corrected chi connectivity index (χ4v) is 6.86. The Labute approximate surface area is 155 Å². The first-order chi connectivity index (χ1) is 12.3. The van der Waals surface area contributed by atoms with Crippen LogP contribution in [-0.4, -0.2) is 23.1 Å². The molecule has 0 bridgehead atoms. The van der Waals surface area contributed by atoms with Crippen LogP contribution < -0.4 is 0 Å². The number of hydrogen-bond acceptors (Lipinski definition) is 3. The van der Waals surface area contributed by atoms with Gasteiger partial charge in [-0.15, -0.1) is 0 Å². The van der Waals surface area contributed by atoms with Crippen molar-refractivity contribution in [3.05, 3.63) is 23.3 Å². The molecule has 4 aliphatic carbocycles. The largest absolute Gasteiger partial charge is 0.478 e. The van der Waals surface area contributed by atoms with Gasteiger partial charge < -0.3 is 9.84 Å². The predicted molar refractivity (Wildman–Crippen MR) is 98.4 cm³/mol. The Morgan fingerprint density at radius 2 is 1.81 bits per heavy atom. The molecule has 2 saturated carbocycles. The van der Waals surface area contributed by atoms with Crippen molar-refractivity contribution in [2.24, 2.45) is 28.6 Å². The second-order valence-electron chi connectivity index (χ2n) is 9.35. The lowest BCUT2D eigenvalue weighted by atomic mass is 9.47. The van der Waals surface area contributed by atoms with Crippen molar-refractivity contribution in [3.63, 3.8) is 0 Å². The predicted octanol–water partition coefficient (Wildman–Crippen LogP) is 4.50. The number of aliphatic carboxylic acids is 1. The van der Waals surface area contributed by atoms with Crippen LogP contribution in [0.2, 0.25) is 0 Å². The Morgan fingerprint density at radius 1 is 1.08 bits per heavy atom. The molecular weight excluding hydrogens is 328 g/mol. The molecule has 0 amide bonds. The van der Waals surface area contributed by atoms with Crippen LogP contribution in [0.1, 0.15) is 65.7 Å². The lowest BCUT2D eigenvalue weighted by Crippen LogP contribution is -2.50. The van der Waals surface area contributed by atoms with Crippen molar-refractivity contribution in [2.75, 3.05) is 0 Å². The lowest BCUT2D eigenvalue weighted by molar-refractivity contribution is -0.148. The van der Waals surface area contributed by atoms with Crippen molar-refractivity contribution in [1.29, 1.82) is 0 Å².